The third kappa shape index (κ3) is 2.72. The van der Waals surface area contributed by atoms with E-state index in [1.165, 1.54) is 5.69 Å². The number of rotatable bonds is 2. The van der Waals surface area contributed by atoms with Gasteiger partial charge < -0.3 is 4.57 Å². The highest BCUT2D eigenvalue weighted by Crippen LogP contribution is 2.23. The largest absolute Gasteiger partial charge is 0.352 e. The molecule has 3 heteroatoms. The van der Waals surface area contributed by atoms with Crippen molar-refractivity contribution in [2.45, 2.75) is 13.8 Å². The Kier molecular flexibility index (Phi) is 3.78. The Bertz CT molecular complexity index is 687. The standard InChI is InChI=1S/C16H15ClN2/c1-11-7-14(12(2)19(11)3)8-15(10-18)13-5-4-6-16(17)9-13/h4-9H,1-3H3/b15-8-. The molecule has 0 bridgehead atoms. The Morgan fingerprint density at radius 3 is 2.58 bits per heavy atom. The summed E-state index contributed by atoms with van der Waals surface area (Å²) in [7, 11) is 2.02. The molecule has 0 aliphatic carbocycles. The molecule has 0 radical (unpaired) electrons. The molecule has 2 aromatic rings. The summed E-state index contributed by atoms with van der Waals surface area (Å²) in [5, 5.41) is 9.97. The quantitative estimate of drug-likeness (QED) is 0.746. The van der Waals surface area contributed by atoms with Crippen LogP contribution in [0, 0.1) is 25.2 Å². The van der Waals surface area contributed by atoms with E-state index in [1.807, 2.05) is 38.2 Å². The van der Waals surface area contributed by atoms with E-state index in [4.69, 9.17) is 11.6 Å². The number of benzene rings is 1. The fourth-order valence-corrected chi connectivity index (χ4v) is 2.21. The monoisotopic (exact) mass is 270 g/mol. The van der Waals surface area contributed by atoms with E-state index < -0.39 is 0 Å². The zero-order valence-corrected chi connectivity index (χ0v) is 12.0. The lowest BCUT2D eigenvalue weighted by atomic mass is 10.0. The van der Waals surface area contributed by atoms with E-state index >= 15 is 0 Å². The molecule has 19 heavy (non-hydrogen) atoms. The van der Waals surface area contributed by atoms with Gasteiger partial charge in [-0.3, -0.25) is 0 Å². The molecule has 1 aromatic carbocycles. The van der Waals surface area contributed by atoms with E-state index in [2.05, 4.69) is 23.6 Å². The lowest BCUT2D eigenvalue weighted by Crippen LogP contribution is -1.92. The number of allylic oxidation sites excluding steroid dienone is 1. The van der Waals surface area contributed by atoms with Crippen LogP contribution in [0.1, 0.15) is 22.5 Å². The molecular formula is C16H15ClN2. The van der Waals surface area contributed by atoms with Gasteiger partial charge in [-0.1, -0.05) is 23.7 Å². The van der Waals surface area contributed by atoms with Crippen LogP contribution in [0.15, 0.2) is 30.3 Å². The number of halogens is 1. The first-order valence-electron chi connectivity index (χ1n) is 6.03. The minimum absolute atomic E-state index is 0.621. The molecule has 0 amide bonds. The van der Waals surface area contributed by atoms with Crippen LogP contribution in [0.4, 0.5) is 0 Å². The van der Waals surface area contributed by atoms with Gasteiger partial charge in [0, 0.05) is 23.5 Å². The molecule has 0 aliphatic rings. The minimum Gasteiger partial charge on any atom is -0.352 e. The Labute approximate surface area is 118 Å². The number of hydrogen-bond acceptors (Lipinski definition) is 1. The fourth-order valence-electron chi connectivity index (χ4n) is 2.02. The molecule has 2 rings (SSSR count). The highest BCUT2D eigenvalue weighted by molar-refractivity contribution is 6.30. The van der Waals surface area contributed by atoms with E-state index in [9.17, 15) is 5.26 Å². The summed E-state index contributed by atoms with van der Waals surface area (Å²) in [6.45, 7) is 4.10. The number of nitriles is 1. The fraction of sp³-hybridized carbons (Fsp3) is 0.188. The van der Waals surface area contributed by atoms with Crippen LogP contribution in [0.5, 0.6) is 0 Å². The summed E-state index contributed by atoms with van der Waals surface area (Å²) < 4.78 is 2.11. The van der Waals surface area contributed by atoms with Gasteiger partial charge in [0.2, 0.25) is 0 Å². The van der Waals surface area contributed by atoms with Crippen LogP contribution in [0.2, 0.25) is 5.02 Å². The van der Waals surface area contributed by atoms with Crippen molar-refractivity contribution in [1.82, 2.24) is 4.57 Å². The summed E-state index contributed by atoms with van der Waals surface area (Å²) in [6, 6.07) is 11.7. The lowest BCUT2D eigenvalue weighted by Gasteiger charge is -2.01. The molecule has 0 N–H and O–H groups in total. The van der Waals surface area contributed by atoms with Crippen LogP contribution in [0.25, 0.3) is 11.6 Å². The van der Waals surface area contributed by atoms with Crippen molar-refractivity contribution < 1.29 is 0 Å². The number of nitrogens with zero attached hydrogens (tertiary/aromatic N) is 2. The maximum atomic E-state index is 9.33. The van der Waals surface area contributed by atoms with Crippen molar-refractivity contribution in [1.29, 1.82) is 5.26 Å². The smallest absolute Gasteiger partial charge is 0.0998 e. The molecule has 1 aromatic heterocycles. The second-order valence-electron chi connectivity index (χ2n) is 4.57. The van der Waals surface area contributed by atoms with Gasteiger partial charge in [0.1, 0.15) is 0 Å². The van der Waals surface area contributed by atoms with Crippen molar-refractivity contribution in [3.63, 3.8) is 0 Å². The molecule has 2 nitrogen and oxygen atoms in total. The molecule has 1 heterocycles. The summed E-state index contributed by atoms with van der Waals surface area (Å²) in [4.78, 5) is 0. The van der Waals surface area contributed by atoms with Crippen molar-refractivity contribution in [2.75, 3.05) is 0 Å². The van der Waals surface area contributed by atoms with Gasteiger partial charge in [-0.25, -0.2) is 0 Å². The Morgan fingerprint density at radius 1 is 1.32 bits per heavy atom. The predicted octanol–water partition coefficient (Wildman–Crippen LogP) is 4.36. The van der Waals surface area contributed by atoms with E-state index in [0.29, 0.717) is 10.6 Å². The average molecular weight is 271 g/mol. The number of hydrogen-bond donors (Lipinski definition) is 0. The third-order valence-electron chi connectivity index (χ3n) is 3.37. The molecular weight excluding hydrogens is 256 g/mol. The summed E-state index contributed by atoms with van der Waals surface area (Å²) in [5.74, 6) is 0. The van der Waals surface area contributed by atoms with E-state index in [0.717, 1.165) is 16.8 Å². The lowest BCUT2D eigenvalue weighted by molar-refractivity contribution is 0.843. The van der Waals surface area contributed by atoms with Crippen LogP contribution in [-0.2, 0) is 7.05 Å². The minimum atomic E-state index is 0.621. The Morgan fingerprint density at radius 2 is 2.05 bits per heavy atom. The van der Waals surface area contributed by atoms with Crippen molar-refractivity contribution in [3.8, 4) is 6.07 Å². The molecule has 0 spiro atoms. The van der Waals surface area contributed by atoms with Crippen LogP contribution in [-0.4, -0.2) is 4.57 Å². The molecule has 0 fully saturated rings. The van der Waals surface area contributed by atoms with Gasteiger partial charge >= 0.3 is 0 Å². The van der Waals surface area contributed by atoms with Crippen LogP contribution in [0.3, 0.4) is 0 Å². The number of aryl methyl sites for hydroxylation is 1. The molecule has 0 saturated carbocycles. The SMILES string of the molecule is Cc1cc(/C=C(/C#N)c2cccc(Cl)c2)c(C)n1C. The van der Waals surface area contributed by atoms with E-state index in [-0.39, 0.29) is 0 Å². The van der Waals surface area contributed by atoms with Gasteiger partial charge in [-0.15, -0.1) is 0 Å². The average Bonchev–Trinajstić information content (AvgIpc) is 2.63. The topological polar surface area (TPSA) is 28.7 Å². The second-order valence-corrected chi connectivity index (χ2v) is 5.00. The molecule has 0 atom stereocenters. The van der Waals surface area contributed by atoms with Gasteiger partial charge in [0.15, 0.2) is 0 Å². The van der Waals surface area contributed by atoms with Crippen LogP contribution >= 0.6 is 11.6 Å². The normalized spacial score (nSPS) is 11.4. The Balaban J connectivity index is 2.51. The first-order chi connectivity index (χ1) is 9.02. The molecule has 96 valence electrons. The number of aromatic nitrogens is 1. The Hall–Kier alpha value is -1.98. The summed E-state index contributed by atoms with van der Waals surface area (Å²) >= 11 is 5.97. The maximum Gasteiger partial charge on any atom is 0.0998 e. The maximum absolute atomic E-state index is 9.33. The van der Waals surface area contributed by atoms with Gasteiger partial charge in [-0.2, -0.15) is 5.26 Å². The third-order valence-corrected chi connectivity index (χ3v) is 3.61. The highest BCUT2D eigenvalue weighted by atomic mass is 35.5. The van der Waals surface area contributed by atoms with Crippen molar-refractivity contribution >= 4 is 23.3 Å². The van der Waals surface area contributed by atoms with Gasteiger partial charge in [-0.05, 0) is 49.2 Å². The first kappa shape index (κ1) is 13.5. The first-order valence-corrected chi connectivity index (χ1v) is 6.41. The predicted molar refractivity (Wildman–Crippen MR) is 79.8 cm³/mol. The summed E-state index contributed by atoms with van der Waals surface area (Å²) in [5.41, 5.74) is 4.85. The van der Waals surface area contributed by atoms with Crippen molar-refractivity contribution in [2.24, 2.45) is 7.05 Å². The molecule has 0 unspecified atom stereocenters. The summed E-state index contributed by atoms with van der Waals surface area (Å²) in [6.07, 6.45) is 1.91. The van der Waals surface area contributed by atoms with Crippen LogP contribution < -0.4 is 0 Å². The van der Waals surface area contributed by atoms with Crippen molar-refractivity contribution in [3.05, 3.63) is 57.9 Å². The highest BCUT2D eigenvalue weighted by Gasteiger charge is 2.07. The van der Waals surface area contributed by atoms with E-state index in [1.54, 1.807) is 6.07 Å². The zero-order valence-electron chi connectivity index (χ0n) is 11.2. The molecule has 0 saturated heterocycles. The van der Waals surface area contributed by atoms with Gasteiger partial charge in [0.05, 0.1) is 11.6 Å². The molecule has 0 aliphatic heterocycles. The second kappa shape index (κ2) is 5.34. The van der Waals surface area contributed by atoms with Gasteiger partial charge in [0.25, 0.3) is 0 Å². The zero-order chi connectivity index (χ0) is 14.0.